The van der Waals surface area contributed by atoms with Gasteiger partial charge in [0.2, 0.25) is 0 Å². The topological polar surface area (TPSA) is 17.3 Å². The number of fused-ring (bicyclic) bond motifs is 16. The molecule has 162 valence electrons. The van der Waals surface area contributed by atoms with Crippen LogP contribution in [0.15, 0.2) is 97.1 Å². The van der Waals surface area contributed by atoms with Gasteiger partial charge in [-0.25, -0.2) is 4.98 Å². The van der Waals surface area contributed by atoms with Gasteiger partial charge in [0.25, 0.3) is 0 Å². The molecule has 7 aromatic rings. The zero-order chi connectivity index (χ0) is 22.7. The molecule has 0 saturated carbocycles. The molecule has 2 heteroatoms. The third-order valence-electron chi connectivity index (χ3n) is 8.22. The quantitative estimate of drug-likeness (QED) is 0.217. The number of rotatable bonds is 0. The molecule has 2 nitrogen and oxygen atoms in total. The van der Waals surface area contributed by atoms with Crippen molar-refractivity contribution >= 4 is 38.4 Å². The van der Waals surface area contributed by atoms with Crippen molar-refractivity contribution in [1.29, 1.82) is 0 Å². The second-order valence-corrected chi connectivity index (χ2v) is 9.94. The standard InChI is InChI=1S/C33H20N2/c1-3-9-22-20(8-1)18-26-24(22)14-15-25-31(26)33-34-27-11-5-6-12-28(27)35(33)29-16-13-21-17-19-7-2-4-10-23(19)30(21)32(25)29/h1-16H,17-18H2. The summed E-state index contributed by atoms with van der Waals surface area (Å²) in [5.41, 5.74) is 15.7. The van der Waals surface area contributed by atoms with Crippen molar-refractivity contribution in [3.8, 4) is 22.3 Å². The lowest BCUT2D eigenvalue weighted by Gasteiger charge is -2.16. The van der Waals surface area contributed by atoms with Gasteiger partial charge in [-0.05, 0) is 80.9 Å². The fraction of sp³-hybridized carbons (Fsp3) is 0.0606. The number of pyridine rings is 1. The lowest BCUT2D eigenvalue weighted by atomic mass is 9.92. The average Bonchev–Trinajstić information content (AvgIpc) is 3.59. The van der Waals surface area contributed by atoms with Gasteiger partial charge < -0.3 is 0 Å². The molecule has 2 heterocycles. The van der Waals surface area contributed by atoms with E-state index in [0.717, 1.165) is 24.0 Å². The van der Waals surface area contributed by atoms with Crippen molar-refractivity contribution in [3.05, 3.63) is 119 Å². The van der Waals surface area contributed by atoms with E-state index in [4.69, 9.17) is 4.98 Å². The Labute approximate surface area is 202 Å². The average molecular weight is 445 g/mol. The molecule has 0 saturated heterocycles. The highest BCUT2D eigenvalue weighted by Crippen LogP contribution is 2.48. The second kappa shape index (κ2) is 6.17. The lowest BCUT2D eigenvalue weighted by Crippen LogP contribution is -1.97. The van der Waals surface area contributed by atoms with Gasteiger partial charge in [0.1, 0.15) is 5.65 Å². The van der Waals surface area contributed by atoms with Crippen LogP contribution in [0, 0.1) is 0 Å². The molecule has 0 fully saturated rings. The van der Waals surface area contributed by atoms with Crippen LogP contribution in [0.5, 0.6) is 0 Å². The molecule has 0 unspecified atom stereocenters. The lowest BCUT2D eigenvalue weighted by molar-refractivity contribution is 1.25. The van der Waals surface area contributed by atoms with Gasteiger partial charge in [-0.2, -0.15) is 0 Å². The first-order chi connectivity index (χ1) is 17.4. The minimum atomic E-state index is 0.957. The van der Waals surface area contributed by atoms with Crippen LogP contribution in [0.1, 0.15) is 22.3 Å². The SMILES string of the molecule is c1ccc2c(c1)Cc1c-2ccc2c3c4c(ccc3n3c5ccccc5nc3c12)Cc1ccccc1-4. The number of hydrogen-bond acceptors (Lipinski definition) is 1. The van der Waals surface area contributed by atoms with Crippen molar-refractivity contribution < 1.29 is 0 Å². The molecule has 9 rings (SSSR count). The van der Waals surface area contributed by atoms with Crippen LogP contribution in [-0.2, 0) is 12.8 Å². The van der Waals surface area contributed by atoms with Crippen LogP contribution in [-0.4, -0.2) is 9.38 Å². The number of benzene rings is 5. The summed E-state index contributed by atoms with van der Waals surface area (Å²) in [7, 11) is 0. The molecular weight excluding hydrogens is 424 g/mol. The van der Waals surface area contributed by atoms with Crippen molar-refractivity contribution in [3.63, 3.8) is 0 Å². The summed E-state index contributed by atoms with van der Waals surface area (Å²) in [6.07, 6.45) is 1.96. The van der Waals surface area contributed by atoms with E-state index in [0.29, 0.717) is 0 Å². The largest absolute Gasteiger partial charge is 0.292 e. The van der Waals surface area contributed by atoms with E-state index in [-0.39, 0.29) is 0 Å². The summed E-state index contributed by atoms with van der Waals surface area (Å²) in [4.78, 5) is 5.23. The Balaban J connectivity index is 1.57. The molecule has 2 aliphatic rings. The minimum Gasteiger partial charge on any atom is -0.292 e. The van der Waals surface area contributed by atoms with Crippen LogP contribution in [0.25, 0.3) is 60.6 Å². The molecule has 0 amide bonds. The fourth-order valence-corrected chi connectivity index (χ4v) is 6.79. The molecule has 0 atom stereocenters. The first kappa shape index (κ1) is 18.0. The predicted octanol–water partition coefficient (Wildman–Crippen LogP) is 7.94. The predicted molar refractivity (Wildman–Crippen MR) is 144 cm³/mol. The maximum atomic E-state index is 5.23. The van der Waals surface area contributed by atoms with Crippen molar-refractivity contribution in [2.45, 2.75) is 12.8 Å². The minimum absolute atomic E-state index is 0.957. The van der Waals surface area contributed by atoms with E-state index in [1.54, 1.807) is 0 Å². The number of para-hydroxylation sites is 2. The van der Waals surface area contributed by atoms with Crippen molar-refractivity contribution in [2.24, 2.45) is 0 Å². The maximum absolute atomic E-state index is 5.23. The number of hydrogen-bond donors (Lipinski definition) is 0. The molecule has 0 radical (unpaired) electrons. The maximum Gasteiger partial charge on any atom is 0.146 e. The van der Waals surface area contributed by atoms with Crippen molar-refractivity contribution in [2.75, 3.05) is 0 Å². The Morgan fingerprint density at radius 2 is 1.31 bits per heavy atom. The third kappa shape index (κ3) is 2.14. The Morgan fingerprint density at radius 3 is 2.23 bits per heavy atom. The monoisotopic (exact) mass is 444 g/mol. The summed E-state index contributed by atoms with van der Waals surface area (Å²) in [6, 6.07) is 35.7. The highest BCUT2D eigenvalue weighted by atomic mass is 15.0. The molecule has 35 heavy (non-hydrogen) atoms. The first-order valence-electron chi connectivity index (χ1n) is 12.3. The van der Waals surface area contributed by atoms with E-state index in [9.17, 15) is 0 Å². The normalized spacial score (nSPS) is 13.5. The summed E-state index contributed by atoms with van der Waals surface area (Å²) in [5, 5.41) is 3.99. The Morgan fingerprint density at radius 1 is 0.543 bits per heavy atom. The summed E-state index contributed by atoms with van der Waals surface area (Å²) < 4.78 is 2.41. The van der Waals surface area contributed by atoms with Gasteiger partial charge in [-0.15, -0.1) is 0 Å². The van der Waals surface area contributed by atoms with E-state index in [1.165, 1.54) is 71.7 Å². The molecule has 5 aromatic carbocycles. The Kier molecular flexibility index (Phi) is 3.16. The fourth-order valence-electron chi connectivity index (χ4n) is 6.79. The Hall–Kier alpha value is -4.43. The molecule has 2 aliphatic carbocycles. The van der Waals surface area contributed by atoms with Gasteiger partial charge in [-0.3, -0.25) is 4.40 Å². The second-order valence-electron chi connectivity index (χ2n) is 9.94. The molecule has 2 aromatic heterocycles. The van der Waals surface area contributed by atoms with Crippen LogP contribution in [0.4, 0.5) is 0 Å². The summed E-state index contributed by atoms with van der Waals surface area (Å²) in [5.74, 6) is 0. The molecule has 0 spiro atoms. The van der Waals surface area contributed by atoms with E-state index in [2.05, 4.69) is 101 Å². The number of aromatic nitrogens is 2. The number of nitrogens with zero attached hydrogens (tertiary/aromatic N) is 2. The zero-order valence-corrected chi connectivity index (χ0v) is 19.0. The van der Waals surface area contributed by atoms with Crippen LogP contribution < -0.4 is 0 Å². The smallest absolute Gasteiger partial charge is 0.146 e. The van der Waals surface area contributed by atoms with Crippen LogP contribution >= 0.6 is 0 Å². The van der Waals surface area contributed by atoms with Gasteiger partial charge in [-0.1, -0.05) is 78.9 Å². The van der Waals surface area contributed by atoms with E-state index in [1.807, 2.05) is 0 Å². The molecular formula is C33H20N2. The zero-order valence-electron chi connectivity index (χ0n) is 19.0. The molecule has 0 bridgehead atoms. The summed E-state index contributed by atoms with van der Waals surface area (Å²) >= 11 is 0. The van der Waals surface area contributed by atoms with Gasteiger partial charge in [0.15, 0.2) is 0 Å². The number of imidazole rings is 1. The first-order valence-corrected chi connectivity index (χ1v) is 12.3. The van der Waals surface area contributed by atoms with Gasteiger partial charge in [0.05, 0.1) is 16.6 Å². The van der Waals surface area contributed by atoms with E-state index < -0.39 is 0 Å². The van der Waals surface area contributed by atoms with Crippen LogP contribution in [0.3, 0.4) is 0 Å². The highest BCUT2D eigenvalue weighted by molar-refractivity contribution is 6.21. The van der Waals surface area contributed by atoms with Gasteiger partial charge >= 0.3 is 0 Å². The van der Waals surface area contributed by atoms with Gasteiger partial charge in [0, 0.05) is 10.8 Å². The molecule has 0 N–H and O–H groups in total. The van der Waals surface area contributed by atoms with E-state index >= 15 is 0 Å². The van der Waals surface area contributed by atoms with Crippen LogP contribution in [0.2, 0.25) is 0 Å². The van der Waals surface area contributed by atoms with Crippen molar-refractivity contribution in [1.82, 2.24) is 9.38 Å². The summed E-state index contributed by atoms with van der Waals surface area (Å²) in [6.45, 7) is 0. The molecule has 0 aliphatic heterocycles. The highest BCUT2D eigenvalue weighted by Gasteiger charge is 2.27. The Bertz CT molecular complexity index is 2060. The third-order valence-corrected chi connectivity index (χ3v) is 8.22.